The van der Waals surface area contributed by atoms with Gasteiger partial charge in [0.15, 0.2) is 0 Å². The van der Waals surface area contributed by atoms with Crippen molar-refractivity contribution < 1.29 is 9.59 Å². The summed E-state index contributed by atoms with van der Waals surface area (Å²) in [6.45, 7) is 16.0. The Morgan fingerprint density at radius 2 is 1.23 bits per heavy atom. The highest BCUT2D eigenvalue weighted by atomic mass is 16.2. The molecule has 0 fully saturated rings. The van der Waals surface area contributed by atoms with Gasteiger partial charge in [-0.3, -0.25) is 9.59 Å². The molecule has 0 aromatic heterocycles. The Hall–Kier alpha value is -2.76. The minimum absolute atomic E-state index is 0.0589. The van der Waals surface area contributed by atoms with Gasteiger partial charge in [0, 0.05) is 12.8 Å². The van der Waals surface area contributed by atoms with E-state index in [0.717, 1.165) is 59.4 Å². The van der Waals surface area contributed by atoms with Crippen molar-refractivity contribution in [3.63, 3.8) is 0 Å². The maximum absolute atomic E-state index is 12.1. The summed E-state index contributed by atoms with van der Waals surface area (Å²) in [5, 5.41) is 8.52. The van der Waals surface area contributed by atoms with E-state index in [2.05, 4.69) is 46.4 Å². The Morgan fingerprint density at radius 1 is 0.867 bits per heavy atom. The highest BCUT2D eigenvalue weighted by Gasteiger charge is 2.20. The quantitative estimate of drug-likeness (QED) is 0.476. The number of nitrogens with zero attached hydrogens (tertiary/aromatic N) is 2. The third-order valence-electron chi connectivity index (χ3n) is 5.81. The minimum Gasteiger partial charge on any atom is -0.273 e. The van der Waals surface area contributed by atoms with Gasteiger partial charge in [0.05, 0.1) is 11.4 Å². The lowest BCUT2D eigenvalue weighted by Gasteiger charge is -2.22. The number of hydrogen-bond acceptors (Lipinski definition) is 4. The molecule has 0 aliphatic heterocycles. The van der Waals surface area contributed by atoms with Crippen molar-refractivity contribution in [3.05, 3.63) is 47.6 Å². The van der Waals surface area contributed by atoms with Gasteiger partial charge in [-0.25, -0.2) is 10.9 Å². The molecule has 6 nitrogen and oxygen atoms in total. The molecule has 0 saturated carbocycles. The largest absolute Gasteiger partial charge is 0.273 e. The summed E-state index contributed by atoms with van der Waals surface area (Å²) in [7, 11) is 0. The smallest absolute Gasteiger partial charge is 0.240 e. The molecule has 0 unspecified atom stereocenters. The number of allylic oxidation sites excluding steroid dienone is 6. The Labute approximate surface area is 180 Å². The lowest BCUT2D eigenvalue weighted by atomic mass is 9.85. The highest BCUT2D eigenvalue weighted by molar-refractivity contribution is 6.02. The number of hydrogen-bond donors (Lipinski definition) is 2. The zero-order valence-corrected chi connectivity index (χ0v) is 18.7. The van der Waals surface area contributed by atoms with Gasteiger partial charge in [-0.05, 0) is 76.4 Å². The normalized spacial score (nSPS) is 24.1. The molecule has 2 N–H and O–H groups in total. The van der Waals surface area contributed by atoms with E-state index in [1.807, 2.05) is 27.7 Å². The third kappa shape index (κ3) is 6.94. The summed E-state index contributed by atoms with van der Waals surface area (Å²) < 4.78 is 0. The van der Waals surface area contributed by atoms with Crippen molar-refractivity contribution in [2.45, 2.75) is 66.2 Å². The molecule has 0 heterocycles. The van der Waals surface area contributed by atoms with Crippen molar-refractivity contribution in [2.75, 3.05) is 0 Å². The van der Waals surface area contributed by atoms with Gasteiger partial charge >= 0.3 is 0 Å². The van der Waals surface area contributed by atoms with Crippen LogP contribution in [0.1, 0.15) is 66.2 Å². The SMILES string of the molecule is C=C(C)[C@@H]1CC=C(C)/C(=N\NC(=O)CCC(=O)N/N=C2\C[C@H](C(=C)C)CC=C2C)C1. The standard InChI is InChI=1S/C24H34N4O2/c1-15(2)19-9-7-17(5)21(13-19)25-27-23(29)11-12-24(30)28-26-22-14-20(16(3)4)10-8-18(22)6/h7-8,19-20H,1,3,9-14H2,2,4-6H3,(H,27,29)(H,28,30)/b25-21-,26-22+/t19-,20-/m1/s1. The molecule has 6 heteroatoms. The fourth-order valence-corrected chi connectivity index (χ4v) is 3.45. The number of rotatable bonds is 7. The fourth-order valence-electron chi connectivity index (χ4n) is 3.45. The van der Waals surface area contributed by atoms with E-state index in [1.54, 1.807) is 0 Å². The minimum atomic E-state index is -0.286. The zero-order valence-electron chi connectivity index (χ0n) is 18.7. The van der Waals surface area contributed by atoms with E-state index < -0.39 is 0 Å². The number of hydrazone groups is 2. The van der Waals surface area contributed by atoms with Gasteiger partial charge in [-0.2, -0.15) is 10.2 Å². The van der Waals surface area contributed by atoms with Gasteiger partial charge < -0.3 is 0 Å². The van der Waals surface area contributed by atoms with Crippen LogP contribution >= 0.6 is 0 Å². The summed E-state index contributed by atoms with van der Waals surface area (Å²) in [5.41, 5.74) is 11.3. The molecule has 2 aliphatic carbocycles. The van der Waals surface area contributed by atoms with Gasteiger partial charge in [-0.15, -0.1) is 0 Å². The average molecular weight is 411 g/mol. The lowest BCUT2D eigenvalue weighted by molar-refractivity contribution is -0.126. The second kappa shape index (κ2) is 10.9. The number of carbonyl (C=O) groups excluding carboxylic acids is 2. The first-order valence-corrected chi connectivity index (χ1v) is 10.5. The summed E-state index contributed by atoms with van der Waals surface area (Å²) in [6.07, 6.45) is 7.83. The van der Waals surface area contributed by atoms with Crippen LogP contribution in [-0.2, 0) is 9.59 Å². The first-order chi connectivity index (χ1) is 14.2. The zero-order chi connectivity index (χ0) is 22.3. The van der Waals surface area contributed by atoms with Crippen molar-refractivity contribution >= 4 is 23.2 Å². The topological polar surface area (TPSA) is 82.9 Å². The van der Waals surface area contributed by atoms with Crippen LogP contribution in [0.25, 0.3) is 0 Å². The molecular formula is C24H34N4O2. The molecule has 2 rings (SSSR count). The van der Waals surface area contributed by atoms with Gasteiger partial charge in [0.25, 0.3) is 0 Å². The molecular weight excluding hydrogens is 376 g/mol. The average Bonchev–Trinajstić information content (AvgIpc) is 2.70. The summed E-state index contributed by atoms with van der Waals surface area (Å²) in [6, 6.07) is 0. The van der Waals surface area contributed by atoms with Crippen LogP contribution < -0.4 is 10.9 Å². The molecule has 0 aromatic carbocycles. The van der Waals surface area contributed by atoms with Crippen LogP contribution in [0.15, 0.2) is 57.8 Å². The molecule has 2 amide bonds. The second-order valence-electron chi connectivity index (χ2n) is 8.43. The molecule has 0 aromatic rings. The molecule has 2 aliphatic rings. The first-order valence-electron chi connectivity index (χ1n) is 10.5. The molecule has 0 saturated heterocycles. The Kier molecular flexibility index (Phi) is 8.51. The Balaban J connectivity index is 1.81. The number of carbonyl (C=O) groups is 2. The predicted octanol–water partition coefficient (Wildman–Crippen LogP) is 4.58. The maximum atomic E-state index is 12.1. The van der Waals surface area contributed by atoms with E-state index in [9.17, 15) is 9.59 Å². The van der Waals surface area contributed by atoms with Gasteiger partial charge in [-0.1, -0.05) is 36.5 Å². The van der Waals surface area contributed by atoms with Crippen molar-refractivity contribution in [1.82, 2.24) is 10.9 Å². The lowest BCUT2D eigenvalue weighted by Crippen LogP contribution is -2.26. The van der Waals surface area contributed by atoms with Crippen LogP contribution in [0.2, 0.25) is 0 Å². The maximum Gasteiger partial charge on any atom is 0.240 e. The van der Waals surface area contributed by atoms with Crippen molar-refractivity contribution in [1.29, 1.82) is 0 Å². The van der Waals surface area contributed by atoms with Crippen LogP contribution in [0.4, 0.5) is 0 Å². The van der Waals surface area contributed by atoms with E-state index in [1.165, 1.54) is 0 Å². The number of nitrogens with one attached hydrogen (secondary N) is 2. The predicted molar refractivity (Wildman–Crippen MR) is 123 cm³/mol. The molecule has 0 spiro atoms. The number of amides is 2. The Bertz CT molecular complexity index is 775. The van der Waals surface area contributed by atoms with E-state index in [-0.39, 0.29) is 24.7 Å². The van der Waals surface area contributed by atoms with Crippen LogP contribution in [0.3, 0.4) is 0 Å². The summed E-state index contributed by atoms with van der Waals surface area (Å²) in [4.78, 5) is 24.2. The van der Waals surface area contributed by atoms with Crippen molar-refractivity contribution in [2.24, 2.45) is 22.0 Å². The van der Waals surface area contributed by atoms with E-state index >= 15 is 0 Å². The molecule has 0 bridgehead atoms. The monoisotopic (exact) mass is 410 g/mol. The first kappa shape index (κ1) is 23.5. The van der Waals surface area contributed by atoms with Gasteiger partial charge in [0.1, 0.15) is 0 Å². The van der Waals surface area contributed by atoms with E-state index in [4.69, 9.17) is 0 Å². The second-order valence-corrected chi connectivity index (χ2v) is 8.43. The Morgan fingerprint density at radius 3 is 1.57 bits per heavy atom. The summed E-state index contributed by atoms with van der Waals surface area (Å²) >= 11 is 0. The molecule has 2 atom stereocenters. The fraction of sp³-hybridized carbons (Fsp3) is 0.500. The van der Waals surface area contributed by atoms with Crippen LogP contribution in [0.5, 0.6) is 0 Å². The summed E-state index contributed by atoms with van der Waals surface area (Å²) in [5.74, 6) is 0.144. The molecule has 30 heavy (non-hydrogen) atoms. The van der Waals surface area contributed by atoms with Crippen LogP contribution in [-0.4, -0.2) is 23.2 Å². The highest BCUT2D eigenvalue weighted by Crippen LogP contribution is 2.27. The van der Waals surface area contributed by atoms with Gasteiger partial charge in [0.2, 0.25) is 11.8 Å². The van der Waals surface area contributed by atoms with Crippen LogP contribution in [0, 0.1) is 11.8 Å². The molecule has 0 radical (unpaired) electrons. The third-order valence-corrected chi connectivity index (χ3v) is 5.81. The molecule has 162 valence electrons. The van der Waals surface area contributed by atoms with E-state index in [0.29, 0.717) is 11.8 Å². The van der Waals surface area contributed by atoms with Crippen molar-refractivity contribution in [3.8, 4) is 0 Å².